The third-order valence-corrected chi connectivity index (χ3v) is 3.12. The first-order chi connectivity index (χ1) is 9.77. The van der Waals surface area contributed by atoms with Crippen molar-refractivity contribution in [1.29, 1.82) is 0 Å². The van der Waals surface area contributed by atoms with Crippen LogP contribution in [0.25, 0.3) is 0 Å². The standard InChI is InChI=1S/C16H20N4O/c1-10-6-5-7-18-14(10)20-15(21)11-8-12(16(2,3)4)19-13(17)9-11/h5-9H,1-4H3,(H2,17,19)(H,18,20,21). The van der Waals surface area contributed by atoms with E-state index in [0.717, 1.165) is 11.3 Å². The average Bonchev–Trinajstić information content (AvgIpc) is 2.39. The predicted molar refractivity (Wildman–Crippen MR) is 84.3 cm³/mol. The molecule has 0 aromatic carbocycles. The number of nitrogen functional groups attached to an aromatic ring is 1. The lowest BCUT2D eigenvalue weighted by molar-refractivity contribution is 0.102. The van der Waals surface area contributed by atoms with Gasteiger partial charge in [0.2, 0.25) is 0 Å². The van der Waals surface area contributed by atoms with E-state index < -0.39 is 0 Å². The molecule has 110 valence electrons. The Balaban J connectivity index is 2.32. The largest absolute Gasteiger partial charge is 0.384 e. The number of nitrogens with one attached hydrogen (secondary N) is 1. The minimum absolute atomic E-state index is 0.175. The summed E-state index contributed by atoms with van der Waals surface area (Å²) in [4.78, 5) is 20.8. The molecule has 0 aliphatic heterocycles. The Bertz CT molecular complexity index is 674. The molecule has 0 bridgehead atoms. The Hall–Kier alpha value is -2.43. The van der Waals surface area contributed by atoms with Crippen LogP contribution in [-0.4, -0.2) is 15.9 Å². The van der Waals surface area contributed by atoms with Crippen LogP contribution in [0.2, 0.25) is 0 Å². The smallest absolute Gasteiger partial charge is 0.257 e. The molecule has 21 heavy (non-hydrogen) atoms. The highest BCUT2D eigenvalue weighted by molar-refractivity contribution is 6.04. The van der Waals surface area contributed by atoms with Crippen LogP contribution in [0.4, 0.5) is 11.6 Å². The summed E-state index contributed by atoms with van der Waals surface area (Å²) in [6.07, 6.45) is 1.64. The number of carbonyl (C=O) groups is 1. The highest BCUT2D eigenvalue weighted by Gasteiger charge is 2.19. The van der Waals surface area contributed by atoms with Crippen LogP contribution in [0.3, 0.4) is 0 Å². The molecular weight excluding hydrogens is 264 g/mol. The van der Waals surface area contributed by atoms with Crippen molar-refractivity contribution in [2.75, 3.05) is 11.1 Å². The number of hydrogen-bond acceptors (Lipinski definition) is 4. The summed E-state index contributed by atoms with van der Waals surface area (Å²) in [5, 5.41) is 2.80. The summed E-state index contributed by atoms with van der Waals surface area (Å²) in [5.41, 5.74) is 7.81. The topological polar surface area (TPSA) is 80.9 Å². The van der Waals surface area contributed by atoms with Gasteiger partial charge in [-0.15, -0.1) is 0 Å². The van der Waals surface area contributed by atoms with E-state index in [1.165, 1.54) is 0 Å². The SMILES string of the molecule is Cc1cccnc1NC(=O)c1cc(N)nc(C(C)(C)C)c1. The van der Waals surface area contributed by atoms with Crippen molar-refractivity contribution in [1.82, 2.24) is 9.97 Å². The molecule has 2 aromatic rings. The molecule has 5 heteroatoms. The Morgan fingerprint density at radius 3 is 2.62 bits per heavy atom. The number of carbonyl (C=O) groups excluding carboxylic acids is 1. The van der Waals surface area contributed by atoms with Gasteiger partial charge in [0, 0.05) is 22.9 Å². The number of amides is 1. The molecule has 2 rings (SSSR count). The number of pyridine rings is 2. The first-order valence-electron chi connectivity index (χ1n) is 6.78. The maximum absolute atomic E-state index is 12.4. The highest BCUT2D eigenvalue weighted by Crippen LogP contribution is 2.23. The number of aryl methyl sites for hydroxylation is 1. The molecule has 0 radical (unpaired) electrons. The van der Waals surface area contributed by atoms with E-state index >= 15 is 0 Å². The summed E-state index contributed by atoms with van der Waals surface area (Å²) >= 11 is 0. The van der Waals surface area contributed by atoms with Gasteiger partial charge in [-0.1, -0.05) is 26.8 Å². The first kappa shape index (κ1) is 15.0. The molecule has 0 saturated heterocycles. The number of hydrogen-bond donors (Lipinski definition) is 2. The molecule has 0 aliphatic rings. The van der Waals surface area contributed by atoms with Gasteiger partial charge in [-0.05, 0) is 30.7 Å². The zero-order valence-electron chi connectivity index (χ0n) is 12.8. The van der Waals surface area contributed by atoms with Crippen LogP contribution in [0.1, 0.15) is 42.4 Å². The van der Waals surface area contributed by atoms with Crippen LogP contribution >= 0.6 is 0 Å². The lowest BCUT2D eigenvalue weighted by Crippen LogP contribution is -2.19. The summed E-state index contributed by atoms with van der Waals surface area (Å²) in [5.74, 6) is 0.650. The van der Waals surface area contributed by atoms with Gasteiger partial charge in [0.25, 0.3) is 5.91 Å². The van der Waals surface area contributed by atoms with Crippen molar-refractivity contribution in [3.8, 4) is 0 Å². The number of nitrogens with zero attached hydrogens (tertiary/aromatic N) is 2. The number of rotatable bonds is 2. The summed E-state index contributed by atoms with van der Waals surface area (Å²) in [7, 11) is 0. The molecule has 5 nitrogen and oxygen atoms in total. The first-order valence-corrected chi connectivity index (χ1v) is 6.78. The second-order valence-corrected chi connectivity index (χ2v) is 6.04. The van der Waals surface area contributed by atoms with Crippen LogP contribution in [0.15, 0.2) is 30.5 Å². The van der Waals surface area contributed by atoms with Crippen molar-refractivity contribution >= 4 is 17.5 Å². The third-order valence-electron chi connectivity index (χ3n) is 3.12. The lowest BCUT2D eigenvalue weighted by atomic mass is 9.90. The van der Waals surface area contributed by atoms with Gasteiger partial charge in [-0.25, -0.2) is 9.97 Å². The fourth-order valence-corrected chi connectivity index (χ4v) is 1.86. The van der Waals surface area contributed by atoms with Crippen molar-refractivity contribution in [2.24, 2.45) is 0 Å². The monoisotopic (exact) mass is 284 g/mol. The maximum Gasteiger partial charge on any atom is 0.257 e. The molecule has 3 N–H and O–H groups in total. The van der Waals surface area contributed by atoms with Crippen LogP contribution in [0, 0.1) is 6.92 Å². The summed E-state index contributed by atoms with van der Waals surface area (Å²) < 4.78 is 0. The molecule has 0 aliphatic carbocycles. The van der Waals surface area contributed by atoms with E-state index in [2.05, 4.69) is 15.3 Å². The van der Waals surface area contributed by atoms with E-state index in [1.807, 2.05) is 39.8 Å². The normalized spacial score (nSPS) is 11.2. The average molecular weight is 284 g/mol. The second kappa shape index (κ2) is 5.52. The van der Waals surface area contributed by atoms with Gasteiger partial charge in [0.15, 0.2) is 0 Å². The van der Waals surface area contributed by atoms with Gasteiger partial charge in [0.1, 0.15) is 11.6 Å². The number of aromatic nitrogens is 2. The number of anilines is 2. The zero-order valence-corrected chi connectivity index (χ0v) is 12.8. The molecule has 0 atom stereocenters. The summed E-state index contributed by atoms with van der Waals surface area (Å²) in [6.45, 7) is 7.97. The lowest BCUT2D eigenvalue weighted by Gasteiger charge is -2.19. The van der Waals surface area contributed by atoms with E-state index in [-0.39, 0.29) is 11.3 Å². The zero-order chi connectivity index (χ0) is 15.6. The van der Waals surface area contributed by atoms with Gasteiger partial charge in [-0.2, -0.15) is 0 Å². The molecule has 2 heterocycles. The molecular formula is C16H20N4O. The number of nitrogens with two attached hydrogens (primary N) is 1. The Morgan fingerprint density at radius 1 is 1.29 bits per heavy atom. The molecule has 0 unspecified atom stereocenters. The molecule has 0 fully saturated rings. The van der Waals surface area contributed by atoms with Crippen LogP contribution in [-0.2, 0) is 5.41 Å². The van der Waals surface area contributed by atoms with E-state index in [1.54, 1.807) is 18.3 Å². The molecule has 0 spiro atoms. The van der Waals surface area contributed by atoms with E-state index in [9.17, 15) is 4.79 Å². The minimum Gasteiger partial charge on any atom is -0.384 e. The molecule has 0 saturated carbocycles. The Labute approximate surface area is 124 Å². The molecule has 1 amide bonds. The minimum atomic E-state index is -0.239. The fourth-order valence-electron chi connectivity index (χ4n) is 1.86. The van der Waals surface area contributed by atoms with Gasteiger partial charge in [-0.3, -0.25) is 4.79 Å². The molecule has 2 aromatic heterocycles. The van der Waals surface area contributed by atoms with Gasteiger partial charge in [0.05, 0.1) is 0 Å². The Morgan fingerprint density at radius 2 is 2.00 bits per heavy atom. The van der Waals surface area contributed by atoms with Crippen molar-refractivity contribution in [3.63, 3.8) is 0 Å². The van der Waals surface area contributed by atoms with E-state index in [0.29, 0.717) is 17.2 Å². The summed E-state index contributed by atoms with van der Waals surface area (Å²) in [6, 6.07) is 7.06. The second-order valence-electron chi connectivity index (χ2n) is 6.04. The predicted octanol–water partition coefficient (Wildman–Crippen LogP) is 2.92. The Kier molecular flexibility index (Phi) is 3.93. The fraction of sp³-hybridized carbons (Fsp3) is 0.312. The van der Waals surface area contributed by atoms with E-state index in [4.69, 9.17) is 5.73 Å². The van der Waals surface area contributed by atoms with Crippen molar-refractivity contribution < 1.29 is 4.79 Å². The van der Waals surface area contributed by atoms with Crippen LogP contribution in [0.5, 0.6) is 0 Å². The quantitative estimate of drug-likeness (QED) is 0.888. The van der Waals surface area contributed by atoms with Gasteiger partial charge >= 0.3 is 0 Å². The van der Waals surface area contributed by atoms with Crippen molar-refractivity contribution in [3.05, 3.63) is 47.3 Å². The maximum atomic E-state index is 12.4. The van der Waals surface area contributed by atoms with Gasteiger partial charge < -0.3 is 11.1 Å². The van der Waals surface area contributed by atoms with Crippen molar-refractivity contribution in [2.45, 2.75) is 33.1 Å². The highest BCUT2D eigenvalue weighted by atomic mass is 16.1. The third kappa shape index (κ3) is 3.56. The van der Waals surface area contributed by atoms with Crippen LogP contribution < -0.4 is 11.1 Å².